The Labute approximate surface area is 252 Å². The summed E-state index contributed by atoms with van der Waals surface area (Å²) in [5.41, 5.74) is -2.07. The largest absolute Gasteiger partial charge is 0.461 e. The lowest BCUT2D eigenvalue weighted by atomic mass is 9.44. The van der Waals surface area contributed by atoms with Gasteiger partial charge in [-0.25, -0.2) is 0 Å². The lowest BCUT2D eigenvalue weighted by molar-refractivity contribution is -0.205. The number of esters is 1. The van der Waals surface area contributed by atoms with Gasteiger partial charge in [0.2, 0.25) is 5.43 Å². The van der Waals surface area contributed by atoms with Crippen LogP contribution in [0.4, 0.5) is 5.69 Å². The van der Waals surface area contributed by atoms with Gasteiger partial charge in [0, 0.05) is 34.5 Å². The standard InChI is InChI=1S/C32H47NO6S2/c1-9-30(7)15-21(31(8)18(3)11-13-32(19(4)28(30)38)14-12-20(34)27(31)32)39-22(35)16-41-29(5,6)17-33-23-24(36)25(37)26(23)40-10-2/h9,18-19,21,27-28,33,38H,1,10-17H2,2-8H3/t18-,19+,21-,27+,28+,30-,31+,32+/m1/s1. The van der Waals surface area contributed by atoms with Gasteiger partial charge in [-0.15, -0.1) is 30.1 Å². The Morgan fingerprint density at radius 1 is 1.20 bits per heavy atom. The molecule has 3 saturated carbocycles. The summed E-state index contributed by atoms with van der Waals surface area (Å²) in [5.74, 6) is 0.545. The summed E-state index contributed by atoms with van der Waals surface area (Å²) < 4.78 is 5.93. The molecule has 0 heterocycles. The summed E-state index contributed by atoms with van der Waals surface area (Å²) in [6, 6.07) is 0. The van der Waals surface area contributed by atoms with Crippen molar-refractivity contribution in [1.82, 2.24) is 0 Å². The molecular weight excluding hydrogens is 558 g/mol. The van der Waals surface area contributed by atoms with Crippen LogP contribution in [0.2, 0.25) is 0 Å². The highest BCUT2D eigenvalue weighted by molar-refractivity contribution is 8.01. The van der Waals surface area contributed by atoms with Crippen LogP contribution >= 0.6 is 23.5 Å². The number of hydrogen-bond donors (Lipinski definition) is 2. The summed E-state index contributed by atoms with van der Waals surface area (Å²) in [5, 5.41) is 14.8. The molecule has 0 unspecified atom stereocenters. The molecule has 0 amide bonds. The van der Waals surface area contributed by atoms with Crippen molar-refractivity contribution in [2.45, 2.75) is 102 Å². The number of thioether (sulfide) groups is 2. The third-order valence-corrected chi connectivity index (χ3v) is 13.3. The maximum absolute atomic E-state index is 13.6. The third-order valence-electron chi connectivity index (χ3n) is 11.0. The Kier molecular flexibility index (Phi) is 9.06. The fraction of sp³-hybridized carbons (Fsp3) is 0.750. The van der Waals surface area contributed by atoms with Crippen molar-refractivity contribution in [2.24, 2.45) is 34.0 Å². The highest BCUT2D eigenvalue weighted by Crippen LogP contribution is 2.68. The molecule has 0 spiro atoms. The predicted octanol–water partition coefficient (Wildman–Crippen LogP) is 5.22. The van der Waals surface area contributed by atoms with E-state index in [1.807, 2.05) is 33.8 Å². The molecule has 3 aliphatic rings. The first kappa shape index (κ1) is 32.3. The molecule has 0 aromatic heterocycles. The van der Waals surface area contributed by atoms with Crippen molar-refractivity contribution in [3.05, 3.63) is 33.1 Å². The maximum atomic E-state index is 13.6. The van der Waals surface area contributed by atoms with Crippen LogP contribution in [0.15, 0.2) is 27.1 Å². The van der Waals surface area contributed by atoms with Gasteiger partial charge in [0.15, 0.2) is 0 Å². The molecule has 8 atom stereocenters. The van der Waals surface area contributed by atoms with E-state index >= 15 is 0 Å². The topological polar surface area (TPSA) is 110 Å². The zero-order valence-electron chi connectivity index (χ0n) is 25.6. The summed E-state index contributed by atoms with van der Waals surface area (Å²) in [7, 11) is 0. The van der Waals surface area contributed by atoms with E-state index in [1.165, 1.54) is 23.5 Å². The molecule has 2 N–H and O–H groups in total. The van der Waals surface area contributed by atoms with Crippen molar-refractivity contribution in [1.29, 1.82) is 0 Å². The van der Waals surface area contributed by atoms with Crippen LogP contribution in [-0.4, -0.2) is 51.9 Å². The molecule has 2 bridgehead atoms. The van der Waals surface area contributed by atoms with Crippen LogP contribution < -0.4 is 16.2 Å². The number of nitrogens with one attached hydrogen (secondary N) is 1. The Balaban J connectivity index is 1.53. The summed E-state index contributed by atoms with van der Waals surface area (Å²) in [6.07, 6.45) is 4.08. The van der Waals surface area contributed by atoms with Crippen LogP contribution in [0.1, 0.15) is 80.6 Å². The number of ketones is 1. The van der Waals surface area contributed by atoms with Crippen molar-refractivity contribution < 1.29 is 19.4 Å². The first-order valence-corrected chi connectivity index (χ1v) is 16.9. The van der Waals surface area contributed by atoms with Crippen molar-refractivity contribution in [3.63, 3.8) is 0 Å². The number of aliphatic hydroxyl groups excluding tert-OH is 1. The second-order valence-corrected chi connectivity index (χ2v) is 16.7. The molecule has 0 aliphatic heterocycles. The molecule has 41 heavy (non-hydrogen) atoms. The zero-order chi connectivity index (χ0) is 30.5. The summed E-state index contributed by atoms with van der Waals surface area (Å²) >= 11 is 2.79. The molecule has 0 saturated heterocycles. The van der Waals surface area contributed by atoms with Crippen molar-refractivity contribution in [3.8, 4) is 0 Å². The van der Waals surface area contributed by atoms with E-state index in [2.05, 4.69) is 32.7 Å². The lowest BCUT2D eigenvalue weighted by Crippen LogP contribution is -2.63. The number of aliphatic hydroxyl groups is 1. The monoisotopic (exact) mass is 605 g/mol. The highest BCUT2D eigenvalue weighted by Gasteiger charge is 2.68. The number of Topliss-reactive ketones (excluding diaryl/α,β-unsaturated/α-hetero) is 1. The molecule has 3 fully saturated rings. The highest BCUT2D eigenvalue weighted by atomic mass is 32.2. The van der Waals surface area contributed by atoms with Gasteiger partial charge in [0.1, 0.15) is 17.6 Å². The third kappa shape index (κ3) is 5.37. The van der Waals surface area contributed by atoms with Crippen molar-refractivity contribution in [2.75, 3.05) is 23.4 Å². The number of anilines is 1. The quantitative estimate of drug-likeness (QED) is 0.160. The number of carbonyl (C=O) groups excluding carboxylic acids is 2. The average Bonchev–Trinajstić information content (AvgIpc) is 3.29. The van der Waals surface area contributed by atoms with E-state index in [0.29, 0.717) is 35.7 Å². The van der Waals surface area contributed by atoms with Crippen LogP contribution in [0.3, 0.4) is 0 Å². The smallest absolute Gasteiger partial charge is 0.316 e. The number of ether oxygens (including phenoxy) is 1. The molecule has 1 aromatic rings. The van der Waals surface area contributed by atoms with Gasteiger partial charge < -0.3 is 15.2 Å². The van der Waals surface area contributed by atoms with Crippen LogP contribution in [0.25, 0.3) is 0 Å². The summed E-state index contributed by atoms with van der Waals surface area (Å²) in [6.45, 7) is 18.8. The minimum Gasteiger partial charge on any atom is -0.461 e. The normalized spacial score (nSPS) is 37.3. The Bertz CT molecular complexity index is 1270. The average molecular weight is 606 g/mol. The zero-order valence-corrected chi connectivity index (χ0v) is 27.3. The second kappa shape index (κ2) is 11.5. The van der Waals surface area contributed by atoms with E-state index < -0.39 is 38.6 Å². The van der Waals surface area contributed by atoms with Crippen LogP contribution in [0, 0.1) is 34.0 Å². The second-order valence-electron chi connectivity index (χ2n) is 13.8. The van der Waals surface area contributed by atoms with Gasteiger partial charge in [-0.1, -0.05) is 40.7 Å². The minimum absolute atomic E-state index is 0.0709. The number of rotatable bonds is 10. The van der Waals surface area contributed by atoms with E-state index in [4.69, 9.17) is 4.74 Å². The predicted molar refractivity (Wildman–Crippen MR) is 167 cm³/mol. The van der Waals surface area contributed by atoms with E-state index in [0.717, 1.165) is 19.3 Å². The molecular formula is C32H47NO6S2. The first-order valence-electron chi connectivity index (χ1n) is 15.0. The van der Waals surface area contributed by atoms with Gasteiger partial charge in [-0.05, 0) is 62.5 Å². The van der Waals surface area contributed by atoms with Gasteiger partial charge in [-0.3, -0.25) is 19.2 Å². The van der Waals surface area contributed by atoms with Gasteiger partial charge in [0.25, 0.3) is 5.43 Å². The fourth-order valence-electron chi connectivity index (χ4n) is 8.11. The Hall–Kier alpha value is -1.58. The SMILES string of the molecule is C=C[C@]1(C)C[C@@H](OC(=O)CSC(C)(C)CNc2c(SCC)c(=O)c2=O)[C@]2(C)[C@H](C)CC[C@]3(CCC(=O)[C@H]32)[C@@H](C)[C@@H]1O. The van der Waals surface area contributed by atoms with Gasteiger partial charge >= 0.3 is 5.97 Å². The maximum Gasteiger partial charge on any atom is 0.316 e. The molecule has 3 aliphatic carbocycles. The fourth-order valence-corrected chi connectivity index (χ4v) is 9.69. The number of hydrogen-bond acceptors (Lipinski definition) is 9. The van der Waals surface area contributed by atoms with Crippen LogP contribution in [-0.2, 0) is 14.3 Å². The molecule has 0 radical (unpaired) electrons. The molecule has 1 aromatic carbocycles. The molecule has 9 heteroatoms. The van der Waals surface area contributed by atoms with E-state index in [1.54, 1.807) is 0 Å². The molecule has 7 nitrogen and oxygen atoms in total. The minimum atomic E-state index is -0.696. The molecule has 4 rings (SSSR count). The Morgan fingerprint density at radius 2 is 1.88 bits per heavy atom. The van der Waals surface area contributed by atoms with E-state index in [9.17, 15) is 24.3 Å². The lowest BCUT2D eigenvalue weighted by Gasteiger charge is -2.61. The van der Waals surface area contributed by atoms with Gasteiger partial charge in [-0.2, -0.15) is 0 Å². The number of carbonyl (C=O) groups is 2. The van der Waals surface area contributed by atoms with E-state index in [-0.39, 0.29) is 40.7 Å². The first-order chi connectivity index (χ1) is 19.1. The summed E-state index contributed by atoms with van der Waals surface area (Å²) in [4.78, 5) is 51.5. The van der Waals surface area contributed by atoms with Crippen LogP contribution in [0.5, 0.6) is 0 Å². The Morgan fingerprint density at radius 3 is 2.51 bits per heavy atom. The van der Waals surface area contributed by atoms with Crippen molar-refractivity contribution >= 4 is 41.0 Å². The molecule has 228 valence electrons. The van der Waals surface area contributed by atoms with Gasteiger partial charge in [0.05, 0.1) is 16.8 Å².